The lowest BCUT2D eigenvalue weighted by molar-refractivity contribution is -0.121. The first-order chi connectivity index (χ1) is 17.3. The molecule has 2 fully saturated rings. The molecule has 4 rings (SSSR count). The van der Waals surface area contributed by atoms with E-state index in [1.54, 1.807) is 21.1 Å². The lowest BCUT2D eigenvalue weighted by atomic mass is 9.84. The number of allylic oxidation sites excluding steroid dienone is 3. The van der Waals surface area contributed by atoms with Gasteiger partial charge in [0.05, 0.1) is 41.5 Å². The van der Waals surface area contributed by atoms with Gasteiger partial charge in [0, 0.05) is 27.0 Å². The van der Waals surface area contributed by atoms with Crippen molar-refractivity contribution in [1.29, 1.82) is 0 Å². The Morgan fingerprint density at radius 2 is 1.95 bits per heavy atom. The van der Waals surface area contributed by atoms with Gasteiger partial charge in [-0.3, -0.25) is 4.79 Å². The fourth-order valence-electron chi connectivity index (χ4n) is 5.38. The second-order valence-electron chi connectivity index (χ2n) is 11.0. The van der Waals surface area contributed by atoms with Crippen molar-refractivity contribution in [2.45, 2.75) is 88.9 Å². The number of nitrogens with zero attached hydrogens (tertiary/aromatic N) is 1. The molecule has 6 atom stereocenters. The van der Waals surface area contributed by atoms with E-state index in [1.807, 2.05) is 51.1 Å². The number of hydrogen-bond donors (Lipinski definition) is 2. The molecule has 3 aliphatic heterocycles. The molecule has 5 unspecified atom stereocenters. The van der Waals surface area contributed by atoms with Crippen LogP contribution >= 0.6 is 11.6 Å². The number of nitrogens with one attached hydrogen (secondary N) is 1. The molecule has 8 nitrogen and oxygen atoms in total. The molecule has 0 radical (unpaired) electrons. The standard InChI is InChI=1S/C28H37ClN2O6/c1-16-8-7-9-21(35-6)19-14-27(3,37-26(34)30-19)15-23-28(4,36-23)22(32)13-24(33)31(5)20-12-18(10-16)11-17(2)25(20)29/h7-9,11-12,19,21-23,32H,10,13-15H2,1-6H3,(H,30,34)/b9-7+,16-8+/t19-,21?,22?,23?,27?,28?/m1/s1. The number of aliphatic hydroxyl groups is 1. The van der Waals surface area contributed by atoms with Gasteiger partial charge in [0.15, 0.2) is 0 Å². The number of rotatable bonds is 1. The highest BCUT2D eigenvalue weighted by molar-refractivity contribution is 6.34. The van der Waals surface area contributed by atoms with Gasteiger partial charge in [-0.05, 0) is 51.3 Å². The maximum Gasteiger partial charge on any atom is 0.407 e. The predicted molar refractivity (Wildman–Crippen MR) is 142 cm³/mol. The average Bonchev–Trinajstić information content (AvgIpc) is 3.46. The number of amides is 2. The molecular formula is C28H37ClN2O6. The molecule has 0 aromatic heterocycles. The van der Waals surface area contributed by atoms with Crippen LogP contribution in [0.1, 0.15) is 51.2 Å². The SMILES string of the molecule is COC1/C=C/C=C(\C)Cc2cc(C)c(Cl)c(c2)N(C)C(=O)CC(O)C2(C)OC2CC2(C)C[C@H]1NC(=O)O2. The normalized spacial score (nSPS) is 37.1. The monoisotopic (exact) mass is 532 g/mol. The zero-order valence-corrected chi connectivity index (χ0v) is 23.1. The Morgan fingerprint density at radius 3 is 2.65 bits per heavy atom. The maximum atomic E-state index is 13.2. The van der Waals surface area contributed by atoms with Crippen molar-refractivity contribution in [3.63, 3.8) is 0 Å². The van der Waals surface area contributed by atoms with Crippen LogP contribution in [0.15, 0.2) is 35.9 Å². The molecule has 0 spiro atoms. The number of aryl methyl sites for hydroxylation is 1. The highest BCUT2D eigenvalue weighted by Crippen LogP contribution is 2.47. The molecule has 0 saturated carbocycles. The molecule has 3 aliphatic rings. The van der Waals surface area contributed by atoms with E-state index in [1.165, 1.54) is 4.90 Å². The minimum Gasteiger partial charge on any atom is -0.443 e. The fraction of sp³-hybridized carbons (Fsp3) is 0.571. The molecule has 2 saturated heterocycles. The molecule has 2 N–H and O–H groups in total. The van der Waals surface area contributed by atoms with Crippen molar-refractivity contribution >= 4 is 29.3 Å². The van der Waals surface area contributed by atoms with Gasteiger partial charge in [0.1, 0.15) is 11.2 Å². The van der Waals surface area contributed by atoms with Crippen LogP contribution in [-0.4, -0.2) is 66.8 Å². The quantitative estimate of drug-likeness (QED) is 0.525. The highest BCUT2D eigenvalue weighted by atomic mass is 35.5. The fourth-order valence-corrected chi connectivity index (χ4v) is 5.62. The Hall–Kier alpha value is -2.39. The van der Waals surface area contributed by atoms with E-state index < -0.39 is 23.4 Å². The Morgan fingerprint density at radius 1 is 1.22 bits per heavy atom. The van der Waals surface area contributed by atoms with Crippen LogP contribution in [0.2, 0.25) is 5.02 Å². The Bertz CT molecular complexity index is 1140. The number of ether oxygens (including phenoxy) is 3. The van der Waals surface area contributed by atoms with Crippen LogP contribution in [0, 0.1) is 6.92 Å². The topological polar surface area (TPSA) is 101 Å². The summed E-state index contributed by atoms with van der Waals surface area (Å²) in [6.45, 7) is 7.60. The van der Waals surface area contributed by atoms with Gasteiger partial charge in [0.25, 0.3) is 0 Å². The molecular weight excluding hydrogens is 496 g/mol. The number of fused-ring (bicyclic) bond motifs is 5. The van der Waals surface area contributed by atoms with Crippen LogP contribution in [-0.2, 0) is 25.4 Å². The Kier molecular flexibility index (Phi) is 7.77. The van der Waals surface area contributed by atoms with Crippen LogP contribution in [0.4, 0.5) is 10.5 Å². The highest BCUT2D eigenvalue weighted by Gasteiger charge is 2.60. The number of carbonyl (C=O) groups excluding carboxylic acids is 2. The van der Waals surface area contributed by atoms with Gasteiger partial charge in [-0.2, -0.15) is 0 Å². The third kappa shape index (κ3) is 5.87. The van der Waals surface area contributed by atoms with E-state index in [-0.39, 0.29) is 30.6 Å². The van der Waals surface area contributed by atoms with Gasteiger partial charge in [0.2, 0.25) is 5.91 Å². The van der Waals surface area contributed by atoms with E-state index in [0.717, 1.165) is 16.7 Å². The first-order valence-corrected chi connectivity index (χ1v) is 13.0. The Labute approximate surface area is 223 Å². The van der Waals surface area contributed by atoms with Crippen LogP contribution in [0.5, 0.6) is 0 Å². The molecule has 0 aliphatic carbocycles. The van der Waals surface area contributed by atoms with Gasteiger partial charge in [-0.1, -0.05) is 41.5 Å². The van der Waals surface area contributed by atoms with Crippen molar-refractivity contribution in [1.82, 2.24) is 5.32 Å². The van der Waals surface area contributed by atoms with Crippen LogP contribution < -0.4 is 10.2 Å². The number of methoxy groups -OCH3 is 1. The first-order valence-electron chi connectivity index (χ1n) is 12.6. The number of hydrogen-bond acceptors (Lipinski definition) is 6. The van der Waals surface area contributed by atoms with Crippen molar-refractivity contribution in [2.24, 2.45) is 0 Å². The number of halogens is 1. The van der Waals surface area contributed by atoms with Crippen molar-refractivity contribution in [2.75, 3.05) is 19.1 Å². The second-order valence-corrected chi connectivity index (χ2v) is 11.4. The summed E-state index contributed by atoms with van der Waals surface area (Å²) in [6.07, 6.45) is 5.04. The van der Waals surface area contributed by atoms with Crippen molar-refractivity contribution in [3.8, 4) is 0 Å². The second kappa shape index (κ2) is 10.4. The molecule has 1 aromatic rings. The summed E-state index contributed by atoms with van der Waals surface area (Å²) in [5, 5.41) is 14.4. The van der Waals surface area contributed by atoms with Crippen molar-refractivity contribution < 1.29 is 28.9 Å². The molecule has 202 valence electrons. The van der Waals surface area contributed by atoms with Crippen molar-refractivity contribution in [3.05, 3.63) is 52.1 Å². The number of alkyl carbamates (subject to hydrolysis) is 1. The minimum absolute atomic E-state index is 0.127. The number of epoxide rings is 1. The number of anilines is 1. The summed E-state index contributed by atoms with van der Waals surface area (Å²) in [4.78, 5) is 27.2. The minimum atomic E-state index is -1.03. The smallest absolute Gasteiger partial charge is 0.407 e. The summed E-state index contributed by atoms with van der Waals surface area (Å²) in [5.74, 6) is -0.267. The average molecular weight is 533 g/mol. The van der Waals surface area contributed by atoms with Gasteiger partial charge >= 0.3 is 6.09 Å². The predicted octanol–water partition coefficient (Wildman–Crippen LogP) is 4.24. The summed E-state index contributed by atoms with van der Waals surface area (Å²) >= 11 is 6.60. The van der Waals surface area contributed by atoms with E-state index in [4.69, 9.17) is 25.8 Å². The largest absolute Gasteiger partial charge is 0.443 e. The molecule has 37 heavy (non-hydrogen) atoms. The number of benzene rings is 1. The molecule has 2 amide bonds. The van der Waals surface area contributed by atoms with Gasteiger partial charge in [-0.25, -0.2) is 4.79 Å². The molecule has 4 bridgehead atoms. The third-order valence-electron chi connectivity index (χ3n) is 7.78. The lowest BCUT2D eigenvalue weighted by Crippen LogP contribution is -2.56. The summed E-state index contributed by atoms with van der Waals surface area (Å²) in [7, 11) is 3.28. The summed E-state index contributed by atoms with van der Waals surface area (Å²) in [5.41, 5.74) is 1.86. The molecule has 3 heterocycles. The molecule has 9 heteroatoms. The zero-order chi connectivity index (χ0) is 27.1. The van der Waals surface area contributed by atoms with E-state index in [2.05, 4.69) is 5.32 Å². The number of carbonyl (C=O) groups is 2. The summed E-state index contributed by atoms with van der Waals surface area (Å²) in [6, 6.07) is 3.64. The maximum absolute atomic E-state index is 13.2. The first kappa shape index (κ1) is 27.6. The lowest BCUT2D eigenvalue weighted by Gasteiger charge is -2.40. The molecule has 1 aromatic carbocycles. The summed E-state index contributed by atoms with van der Waals surface area (Å²) < 4.78 is 17.3. The van der Waals surface area contributed by atoms with Gasteiger partial charge < -0.3 is 29.5 Å². The van der Waals surface area contributed by atoms with Crippen LogP contribution in [0.25, 0.3) is 0 Å². The third-order valence-corrected chi connectivity index (χ3v) is 8.27. The van der Waals surface area contributed by atoms with E-state index in [0.29, 0.717) is 30.0 Å². The zero-order valence-electron chi connectivity index (χ0n) is 22.3. The van der Waals surface area contributed by atoms with E-state index >= 15 is 0 Å². The van der Waals surface area contributed by atoms with Gasteiger partial charge in [-0.15, -0.1) is 0 Å². The Balaban J connectivity index is 1.70. The van der Waals surface area contributed by atoms with Crippen LogP contribution in [0.3, 0.4) is 0 Å². The number of aliphatic hydroxyl groups excluding tert-OH is 1. The van der Waals surface area contributed by atoms with E-state index in [9.17, 15) is 14.7 Å².